The summed E-state index contributed by atoms with van der Waals surface area (Å²) >= 11 is 0. The number of aryl methyl sites for hydroxylation is 1. The van der Waals surface area contributed by atoms with Crippen molar-refractivity contribution in [3.63, 3.8) is 0 Å². The van der Waals surface area contributed by atoms with E-state index in [-0.39, 0.29) is 23.6 Å². The second-order valence-corrected chi connectivity index (χ2v) is 6.67. The van der Waals surface area contributed by atoms with Crippen LogP contribution in [0.4, 0.5) is 5.69 Å². The Balaban J connectivity index is 2.34. The summed E-state index contributed by atoms with van der Waals surface area (Å²) in [6.07, 6.45) is -4.79. The number of nitrogens with zero attached hydrogens (tertiary/aromatic N) is 3. The number of anilines is 1. The van der Waals surface area contributed by atoms with Crippen LogP contribution >= 0.6 is 0 Å². The summed E-state index contributed by atoms with van der Waals surface area (Å²) in [6.45, 7) is 2.50. The zero-order chi connectivity index (χ0) is 20.7. The third kappa shape index (κ3) is 3.24. The van der Waals surface area contributed by atoms with E-state index in [0.29, 0.717) is 11.2 Å². The average Bonchev–Trinajstić information content (AvgIpc) is 2.65. The Morgan fingerprint density at radius 1 is 1.18 bits per heavy atom. The summed E-state index contributed by atoms with van der Waals surface area (Å²) in [4.78, 5) is 34.1. The topological polar surface area (TPSA) is 188 Å². The Labute approximate surface area is 158 Å². The molecule has 0 bridgehead atoms. The van der Waals surface area contributed by atoms with Gasteiger partial charge in [-0.1, -0.05) is 0 Å². The average molecular weight is 391 g/mol. The smallest absolute Gasteiger partial charge is 0.349 e. The summed E-state index contributed by atoms with van der Waals surface area (Å²) in [6, 6.07) is 1.71. The van der Waals surface area contributed by atoms with E-state index >= 15 is 0 Å². The first-order valence-electron chi connectivity index (χ1n) is 8.51. The van der Waals surface area contributed by atoms with Gasteiger partial charge >= 0.3 is 5.69 Å². The first kappa shape index (κ1) is 19.9. The third-order valence-corrected chi connectivity index (χ3v) is 4.82. The SMILES string of the molecule is Cc1cc2c(nc3c(=O)[nH]c(=O)nc-3n2CC(O)C(O)C(O)CO)c(N)c1C. The number of rotatable bonds is 5. The maximum absolute atomic E-state index is 12.2. The predicted octanol–water partition coefficient (Wildman–Crippen LogP) is -2.14. The normalized spacial score (nSPS) is 15.1. The lowest BCUT2D eigenvalue weighted by Gasteiger charge is -2.25. The van der Waals surface area contributed by atoms with Gasteiger partial charge in [-0.3, -0.25) is 9.78 Å². The van der Waals surface area contributed by atoms with E-state index in [1.54, 1.807) is 13.0 Å². The maximum Gasteiger partial charge on any atom is 0.349 e. The third-order valence-electron chi connectivity index (χ3n) is 4.82. The molecule has 28 heavy (non-hydrogen) atoms. The van der Waals surface area contributed by atoms with Crippen LogP contribution in [0.2, 0.25) is 0 Å². The number of hydrogen-bond acceptors (Lipinski definition) is 9. The minimum Gasteiger partial charge on any atom is -0.397 e. The fourth-order valence-corrected chi connectivity index (χ4v) is 3.03. The molecule has 0 radical (unpaired) electrons. The molecule has 2 heterocycles. The maximum atomic E-state index is 12.2. The molecule has 1 aromatic carbocycles. The molecular formula is C17H21N5O6. The van der Waals surface area contributed by atoms with Gasteiger partial charge in [-0.05, 0) is 31.0 Å². The summed E-state index contributed by atoms with van der Waals surface area (Å²) in [5.41, 5.74) is 6.87. The molecule has 7 N–H and O–H groups in total. The number of aromatic amines is 1. The second-order valence-electron chi connectivity index (χ2n) is 6.67. The second kappa shape index (κ2) is 7.28. The van der Waals surface area contributed by atoms with Crippen LogP contribution in [0.5, 0.6) is 0 Å². The summed E-state index contributed by atoms with van der Waals surface area (Å²) in [7, 11) is 0. The highest BCUT2D eigenvalue weighted by Gasteiger charge is 2.28. The van der Waals surface area contributed by atoms with Crippen molar-refractivity contribution in [3.05, 3.63) is 38.0 Å². The number of benzene rings is 1. The number of fused-ring (bicyclic) bond motifs is 2. The van der Waals surface area contributed by atoms with Gasteiger partial charge in [0.15, 0.2) is 11.5 Å². The number of nitrogens with one attached hydrogen (secondary N) is 1. The molecule has 150 valence electrons. The number of aliphatic hydroxyl groups is 4. The molecule has 3 rings (SSSR count). The molecule has 2 aliphatic rings. The summed E-state index contributed by atoms with van der Waals surface area (Å²) in [5.74, 6) is -0.103. The quantitative estimate of drug-likeness (QED) is 0.208. The number of hydrogen-bond donors (Lipinski definition) is 6. The van der Waals surface area contributed by atoms with Crippen LogP contribution in [-0.2, 0) is 6.54 Å². The Hall–Kier alpha value is -2.86. The van der Waals surface area contributed by atoms with Crippen molar-refractivity contribution in [2.24, 2.45) is 0 Å². The zero-order valence-electron chi connectivity index (χ0n) is 15.2. The van der Waals surface area contributed by atoms with E-state index in [0.717, 1.165) is 11.1 Å². The zero-order valence-corrected chi connectivity index (χ0v) is 15.2. The highest BCUT2D eigenvalue weighted by Crippen LogP contribution is 2.29. The lowest BCUT2D eigenvalue weighted by atomic mass is 10.0. The van der Waals surface area contributed by atoms with Crippen molar-refractivity contribution < 1.29 is 20.4 Å². The largest absolute Gasteiger partial charge is 0.397 e. The fourth-order valence-electron chi connectivity index (χ4n) is 3.03. The Morgan fingerprint density at radius 2 is 1.86 bits per heavy atom. The van der Waals surface area contributed by atoms with Gasteiger partial charge in [0.25, 0.3) is 5.56 Å². The van der Waals surface area contributed by atoms with E-state index in [4.69, 9.17) is 10.8 Å². The van der Waals surface area contributed by atoms with Gasteiger partial charge < -0.3 is 30.7 Å². The molecule has 0 spiro atoms. The number of H-pyrrole nitrogens is 1. The van der Waals surface area contributed by atoms with Crippen molar-refractivity contribution in [2.45, 2.75) is 38.7 Å². The molecule has 3 atom stereocenters. The van der Waals surface area contributed by atoms with Crippen molar-refractivity contribution in [2.75, 3.05) is 12.3 Å². The molecular weight excluding hydrogens is 370 g/mol. The number of nitrogen functional groups attached to an aromatic ring is 1. The number of nitrogens with two attached hydrogens (primary N) is 1. The van der Waals surface area contributed by atoms with E-state index in [2.05, 4.69) is 9.97 Å². The molecule has 0 saturated heterocycles. The van der Waals surface area contributed by atoms with Crippen LogP contribution < -0.4 is 17.0 Å². The Kier molecular flexibility index (Phi) is 5.17. The van der Waals surface area contributed by atoms with Crippen molar-refractivity contribution >= 4 is 16.7 Å². The Morgan fingerprint density at radius 3 is 2.50 bits per heavy atom. The molecule has 11 heteroatoms. The minimum absolute atomic E-state index is 0.103. The lowest BCUT2D eigenvalue weighted by molar-refractivity contribution is -0.0802. The molecule has 0 fully saturated rings. The van der Waals surface area contributed by atoms with Crippen LogP contribution in [0.1, 0.15) is 11.1 Å². The van der Waals surface area contributed by atoms with E-state index in [1.165, 1.54) is 4.57 Å². The monoisotopic (exact) mass is 391 g/mol. The van der Waals surface area contributed by atoms with Gasteiger partial charge in [-0.15, -0.1) is 0 Å². The van der Waals surface area contributed by atoms with Gasteiger partial charge in [0, 0.05) is 0 Å². The van der Waals surface area contributed by atoms with Crippen LogP contribution in [0, 0.1) is 13.8 Å². The molecule has 3 unspecified atom stereocenters. The van der Waals surface area contributed by atoms with Gasteiger partial charge in [0.1, 0.15) is 23.8 Å². The molecule has 1 aromatic rings. The van der Waals surface area contributed by atoms with Gasteiger partial charge in [-0.2, -0.15) is 4.98 Å². The highest BCUT2D eigenvalue weighted by atomic mass is 16.4. The molecule has 0 amide bonds. The number of aliphatic hydroxyl groups excluding tert-OH is 4. The minimum atomic E-state index is -1.67. The molecule has 0 saturated carbocycles. The fraction of sp³-hybridized carbons (Fsp3) is 0.412. The lowest BCUT2D eigenvalue weighted by Crippen LogP contribution is -2.42. The Bertz CT molecular complexity index is 1120. The first-order valence-corrected chi connectivity index (χ1v) is 8.51. The number of aromatic nitrogens is 4. The predicted molar refractivity (Wildman–Crippen MR) is 100 cm³/mol. The summed E-state index contributed by atoms with van der Waals surface area (Å²) in [5, 5.41) is 38.9. The summed E-state index contributed by atoms with van der Waals surface area (Å²) < 4.78 is 1.34. The van der Waals surface area contributed by atoms with Crippen LogP contribution in [0.25, 0.3) is 22.6 Å². The molecule has 0 aromatic heterocycles. The van der Waals surface area contributed by atoms with E-state index < -0.39 is 36.2 Å². The van der Waals surface area contributed by atoms with Gasteiger partial charge in [-0.25, -0.2) is 9.78 Å². The van der Waals surface area contributed by atoms with E-state index in [9.17, 15) is 24.9 Å². The van der Waals surface area contributed by atoms with E-state index in [1.807, 2.05) is 11.9 Å². The van der Waals surface area contributed by atoms with Gasteiger partial charge in [0.05, 0.1) is 24.4 Å². The molecule has 11 nitrogen and oxygen atoms in total. The van der Waals surface area contributed by atoms with Crippen LogP contribution in [0.3, 0.4) is 0 Å². The van der Waals surface area contributed by atoms with Gasteiger partial charge in [0.2, 0.25) is 0 Å². The van der Waals surface area contributed by atoms with Crippen LogP contribution in [-0.4, -0.2) is 64.9 Å². The van der Waals surface area contributed by atoms with Crippen molar-refractivity contribution in [3.8, 4) is 11.5 Å². The molecule has 0 aliphatic carbocycles. The van der Waals surface area contributed by atoms with Crippen molar-refractivity contribution in [1.29, 1.82) is 0 Å². The van der Waals surface area contributed by atoms with Crippen molar-refractivity contribution in [1.82, 2.24) is 19.5 Å². The first-order chi connectivity index (χ1) is 13.1. The highest BCUT2D eigenvalue weighted by molar-refractivity contribution is 5.92. The van der Waals surface area contributed by atoms with Crippen LogP contribution in [0.15, 0.2) is 15.7 Å². The standard InChI is InChI=1S/C17H21N5O6/c1-6-3-8-12(11(18)7(6)2)19-13-15(20-17(28)21-16(13)27)22(8)4-9(24)14(26)10(25)5-23/h3,9-10,14,23-26H,4-5,18H2,1-2H3,(H,21,27,28). The molecule has 2 aliphatic heterocycles.